The quantitative estimate of drug-likeness (QED) is 0.854. The zero-order chi connectivity index (χ0) is 16.5. The lowest BCUT2D eigenvalue weighted by atomic mass is 10.2. The smallest absolute Gasteiger partial charge is 0.259 e. The molecule has 8 heteroatoms. The van der Waals surface area contributed by atoms with Crippen molar-refractivity contribution in [2.75, 3.05) is 26.0 Å². The van der Waals surface area contributed by atoms with Crippen LogP contribution >= 0.6 is 11.3 Å². The predicted molar refractivity (Wildman–Crippen MR) is 86.9 cm³/mol. The molecule has 1 aromatic heterocycles. The first-order chi connectivity index (χ1) is 10.2. The van der Waals surface area contributed by atoms with Crippen LogP contribution in [0.5, 0.6) is 0 Å². The third kappa shape index (κ3) is 3.18. The SMILES string of the molecule is Cc1csc(N(C)C(=O)c2ccc(S(=O)(=O)N(C)C)cc2)n1. The fraction of sp³-hybridized carbons (Fsp3) is 0.286. The number of carbonyl (C=O) groups is 1. The van der Waals surface area contributed by atoms with E-state index < -0.39 is 10.0 Å². The van der Waals surface area contributed by atoms with Gasteiger partial charge in [-0.05, 0) is 31.2 Å². The van der Waals surface area contributed by atoms with Gasteiger partial charge in [0.05, 0.1) is 10.6 Å². The number of nitrogens with zero attached hydrogens (tertiary/aromatic N) is 3. The van der Waals surface area contributed by atoms with Crippen LogP contribution in [0.4, 0.5) is 5.13 Å². The number of benzene rings is 1. The number of thiazole rings is 1. The molecule has 0 aliphatic carbocycles. The molecule has 0 bridgehead atoms. The summed E-state index contributed by atoms with van der Waals surface area (Å²) in [5.41, 5.74) is 1.26. The lowest BCUT2D eigenvalue weighted by molar-refractivity contribution is 0.0993. The summed E-state index contributed by atoms with van der Waals surface area (Å²) < 4.78 is 25.1. The molecule has 118 valence electrons. The summed E-state index contributed by atoms with van der Waals surface area (Å²) >= 11 is 1.38. The fourth-order valence-corrected chi connectivity index (χ4v) is 3.42. The van der Waals surface area contributed by atoms with Crippen LogP contribution in [-0.4, -0.2) is 44.8 Å². The molecule has 0 aliphatic rings. The van der Waals surface area contributed by atoms with Crippen molar-refractivity contribution in [3.8, 4) is 0 Å². The normalized spacial score (nSPS) is 11.7. The minimum Gasteiger partial charge on any atom is -0.287 e. The van der Waals surface area contributed by atoms with Gasteiger partial charge in [0.2, 0.25) is 10.0 Å². The van der Waals surface area contributed by atoms with Gasteiger partial charge in [-0.2, -0.15) is 0 Å². The third-order valence-electron chi connectivity index (χ3n) is 3.08. The molecule has 1 amide bonds. The highest BCUT2D eigenvalue weighted by Crippen LogP contribution is 2.21. The Labute approximate surface area is 134 Å². The Bertz CT molecular complexity index is 780. The zero-order valence-corrected chi connectivity index (χ0v) is 14.4. The maximum absolute atomic E-state index is 12.4. The van der Waals surface area contributed by atoms with Gasteiger partial charge in [-0.1, -0.05) is 0 Å². The Morgan fingerprint density at radius 1 is 1.14 bits per heavy atom. The number of anilines is 1. The van der Waals surface area contributed by atoms with Crippen LogP contribution in [0.3, 0.4) is 0 Å². The van der Waals surface area contributed by atoms with Crippen LogP contribution in [0.15, 0.2) is 34.5 Å². The summed E-state index contributed by atoms with van der Waals surface area (Å²) in [6.07, 6.45) is 0. The maximum Gasteiger partial charge on any atom is 0.259 e. The van der Waals surface area contributed by atoms with Gasteiger partial charge in [-0.15, -0.1) is 11.3 Å². The first-order valence-electron chi connectivity index (χ1n) is 6.46. The zero-order valence-electron chi connectivity index (χ0n) is 12.8. The van der Waals surface area contributed by atoms with E-state index in [4.69, 9.17) is 0 Å². The molecule has 0 radical (unpaired) electrons. The summed E-state index contributed by atoms with van der Waals surface area (Å²) in [4.78, 5) is 18.2. The molecule has 0 fully saturated rings. The molecule has 0 N–H and O–H groups in total. The highest BCUT2D eigenvalue weighted by Gasteiger charge is 2.19. The summed E-state index contributed by atoms with van der Waals surface area (Å²) in [6.45, 7) is 1.86. The summed E-state index contributed by atoms with van der Waals surface area (Å²) in [6, 6.07) is 5.89. The number of aryl methyl sites for hydroxylation is 1. The average Bonchev–Trinajstić information content (AvgIpc) is 2.92. The second kappa shape index (κ2) is 6.15. The van der Waals surface area contributed by atoms with E-state index in [1.807, 2.05) is 12.3 Å². The van der Waals surface area contributed by atoms with E-state index >= 15 is 0 Å². The molecule has 22 heavy (non-hydrogen) atoms. The topological polar surface area (TPSA) is 70.6 Å². The number of amides is 1. The molecular formula is C14H17N3O3S2. The van der Waals surface area contributed by atoms with Crippen molar-refractivity contribution in [2.45, 2.75) is 11.8 Å². The molecule has 1 heterocycles. The highest BCUT2D eigenvalue weighted by molar-refractivity contribution is 7.89. The summed E-state index contributed by atoms with van der Waals surface area (Å²) in [5.74, 6) is -0.233. The molecule has 0 saturated heterocycles. The molecule has 0 atom stereocenters. The summed E-state index contributed by atoms with van der Waals surface area (Å²) in [5, 5.41) is 2.47. The standard InChI is InChI=1S/C14H17N3O3S2/c1-10-9-21-14(15-10)17(4)13(18)11-5-7-12(8-6-11)22(19,20)16(2)3/h5-9H,1-4H3. The monoisotopic (exact) mass is 339 g/mol. The van der Waals surface area contributed by atoms with E-state index in [9.17, 15) is 13.2 Å². The lowest BCUT2D eigenvalue weighted by Crippen LogP contribution is -2.26. The molecular weight excluding hydrogens is 322 g/mol. The second-order valence-corrected chi connectivity index (χ2v) is 7.94. The number of aromatic nitrogens is 1. The fourth-order valence-electron chi connectivity index (χ4n) is 1.76. The number of carbonyl (C=O) groups excluding carboxylic acids is 1. The van der Waals surface area contributed by atoms with E-state index in [0.29, 0.717) is 10.7 Å². The van der Waals surface area contributed by atoms with Gasteiger partial charge in [0, 0.05) is 32.1 Å². The molecule has 2 aromatic rings. The first-order valence-corrected chi connectivity index (χ1v) is 8.78. The number of hydrogen-bond acceptors (Lipinski definition) is 5. The van der Waals surface area contributed by atoms with E-state index in [1.165, 1.54) is 54.6 Å². The van der Waals surface area contributed by atoms with E-state index in [0.717, 1.165) is 10.00 Å². The second-order valence-electron chi connectivity index (χ2n) is 4.95. The largest absolute Gasteiger partial charge is 0.287 e. The van der Waals surface area contributed by atoms with Crippen LogP contribution in [0.2, 0.25) is 0 Å². The summed E-state index contributed by atoms with van der Waals surface area (Å²) in [7, 11) is 1.08. The highest BCUT2D eigenvalue weighted by atomic mass is 32.2. The van der Waals surface area contributed by atoms with Crippen LogP contribution in [0.25, 0.3) is 0 Å². The number of hydrogen-bond donors (Lipinski definition) is 0. The van der Waals surface area contributed by atoms with Crippen LogP contribution in [0.1, 0.15) is 16.1 Å². The molecule has 2 rings (SSSR count). The first kappa shape index (κ1) is 16.6. The van der Waals surface area contributed by atoms with Crippen molar-refractivity contribution in [1.82, 2.24) is 9.29 Å². The van der Waals surface area contributed by atoms with Gasteiger partial charge in [0.25, 0.3) is 5.91 Å². The van der Waals surface area contributed by atoms with Gasteiger partial charge in [0.1, 0.15) is 0 Å². The van der Waals surface area contributed by atoms with Gasteiger partial charge in [-0.25, -0.2) is 17.7 Å². The Hall–Kier alpha value is -1.77. The van der Waals surface area contributed by atoms with Gasteiger partial charge < -0.3 is 0 Å². The van der Waals surface area contributed by atoms with Gasteiger partial charge in [-0.3, -0.25) is 9.69 Å². The number of sulfonamides is 1. The van der Waals surface area contributed by atoms with Crippen molar-refractivity contribution < 1.29 is 13.2 Å². The van der Waals surface area contributed by atoms with Crippen molar-refractivity contribution in [2.24, 2.45) is 0 Å². The number of rotatable bonds is 4. The molecule has 0 unspecified atom stereocenters. The van der Waals surface area contributed by atoms with Crippen molar-refractivity contribution >= 4 is 32.4 Å². The van der Waals surface area contributed by atoms with E-state index in [-0.39, 0.29) is 10.8 Å². The van der Waals surface area contributed by atoms with Gasteiger partial charge in [0.15, 0.2) is 5.13 Å². The van der Waals surface area contributed by atoms with E-state index in [1.54, 1.807) is 7.05 Å². The van der Waals surface area contributed by atoms with Crippen LogP contribution in [0, 0.1) is 6.92 Å². The van der Waals surface area contributed by atoms with Crippen molar-refractivity contribution in [3.63, 3.8) is 0 Å². The lowest BCUT2D eigenvalue weighted by Gasteiger charge is -2.15. The Morgan fingerprint density at radius 2 is 1.73 bits per heavy atom. The third-order valence-corrected chi connectivity index (χ3v) is 5.94. The Morgan fingerprint density at radius 3 is 2.18 bits per heavy atom. The molecule has 0 aliphatic heterocycles. The van der Waals surface area contributed by atoms with Crippen molar-refractivity contribution in [3.05, 3.63) is 40.9 Å². The molecule has 0 saturated carbocycles. The average molecular weight is 339 g/mol. The Balaban J connectivity index is 2.25. The Kier molecular flexibility index (Phi) is 4.64. The molecule has 6 nitrogen and oxygen atoms in total. The van der Waals surface area contributed by atoms with Crippen molar-refractivity contribution in [1.29, 1.82) is 0 Å². The predicted octanol–water partition coefficient (Wildman–Crippen LogP) is 1.98. The minimum atomic E-state index is -3.49. The van der Waals surface area contributed by atoms with Crippen LogP contribution in [-0.2, 0) is 10.0 Å². The molecule has 0 spiro atoms. The maximum atomic E-state index is 12.4. The minimum absolute atomic E-state index is 0.154. The van der Waals surface area contributed by atoms with E-state index in [2.05, 4.69) is 4.98 Å². The van der Waals surface area contributed by atoms with Gasteiger partial charge >= 0.3 is 0 Å². The van der Waals surface area contributed by atoms with Crippen LogP contribution < -0.4 is 4.90 Å². The molecule has 1 aromatic carbocycles.